The molecule has 21 heavy (non-hydrogen) atoms. The third-order valence-corrected chi connectivity index (χ3v) is 4.19. The molecule has 1 saturated heterocycles. The maximum atomic E-state index is 5.92. The van der Waals surface area contributed by atoms with Gasteiger partial charge >= 0.3 is 0 Å². The van der Waals surface area contributed by atoms with Crippen LogP contribution in [0.5, 0.6) is 11.5 Å². The molecule has 0 aliphatic carbocycles. The Morgan fingerprint density at radius 1 is 1.19 bits per heavy atom. The van der Waals surface area contributed by atoms with Gasteiger partial charge in [0.1, 0.15) is 6.61 Å². The van der Waals surface area contributed by atoms with Gasteiger partial charge in [-0.2, -0.15) is 0 Å². The first-order valence-corrected chi connectivity index (χ1v) is 8.53. The van der Waals surface area contributed by atoms with E-state index in [1.54, 1.807) is 0 Å². The number of alkyl halides is 1. The fourth-order valence-corrected chi connectivity index (χ4v) is 3.18. The molecule has 118 valence electrons. The Morgan fingerprint density at radius 2 is 1.95 bits per heavy atom. The van der Waals surface area contributed by atoms with Gasteiger partial charge < -0.3 is 9.47 Å². The molecule has 0 radical (unpaired) electrons. The van der Waals surface area contributed by atoms with E-state index in [9.17, 15) is 0 Å². The largest absolute Gasteiger partial charge is 0.490 e. The number of benzene rings is 1. The Bertz CT molecular complexity index is 412. The van der Waals surface area contributed by atoms with E-state index >= 15 is 0 Å². The van der Waals surface area contributed by atoms with Crippen LogP contribution in [0.25, 0.3) is 0 Å². The summed E-state index contributed by atoms with van der Waals surface area (Å²) in [6, 6.07) is 8.50. The summed E-state index contributed by atoms with van der Waals surface area (Å²) < 4.78 is 11.5. The molecular weight excluding hydrogens is 286 g/mol. The molecule has 1 aliphatic rings. The van der Waals surface area contributed by atoms with Crippen LogP contribution in [0.15, 0.2) is 24.3 Å². The van der Waals surface area contributed by atoms with Gasteiger partial charge in [0.2, 0.25) is 0 Å². The van der Waals surface area contributed by atoms with Crippen LogP contribution in [-0.4, -0.2) is 43.1 Å². The number of hydrogen-bond donors (Lipinski definition) is 0. The van der Waals surface area contributed by atoms with Gasteiger partial charge in [0, 0.05) is 18.5 Å². The summed E-state index contributed by atoms with van der Waals surface area (Å²) in [5.41, 5.74) is 0. The standard InChI is InChI=1S/C17H26ClNO2/c1-2-20-16-8-3-4-9-17(16)21-14-13-19-12-6-5-7-15(19)10-11-18/h3-4,8-9,15H,2,5-7,10-14H2,1H3. The summed E-state index contributed by atoms with van der Waals surface area (Å²) in [4.78, 5) is 2.52. The Kier molecular flexibility index (Phi) is 7.17. The normalized spacial score (nSPS) is 19.4. The van der Waals surface area contributed by atoms with E-state index in [0.717, 1.165) is 36.9 Å². The predicted octanol–water partition coefficient (Wildman–Crippen LogP) is 3.95. The van der Waals surface area contributed by atoms with Crippen molar-refractivity contribution < 1.29 is 9.47 Å². The molecule has 3 nitrogen and oxygen atoms in total. The minimum Gasteiger partial charge on any atom is -0.490 e. The van der Waals surface area contributed by atoms with Crippen LogP contribution in [0.1, 0.15) is 32.6 Å². The average molecular weight is 312 g/mol. The summed E-state index contributed by atoms with van der Waals surface area (Å²) in [6.07, 6.45) is 4.96. The van der Waals surface area contributed by atoms with Crippen LogP contribution < -0.4 is 9.47 Å². The molecule has 1 atom stereocenters. The van der Waals surface area contributed by atoms with Crippen molar-refractivity contribution in [2.24, 2.45) is 0 Å². The second kappa shape index (κ2) is 9.16. The van der Waals surface area contributed by atoms with E-state index in [4.69, 9.17) is 21.1 Å². The third kappa shape index (κ3) is 5.08. The molecule has 0 N–H and O–H groups in total. The third-order valence-electron chi connectivity index (χ3n) is 3.98. The Morgan fingerprint density at radius 3 is 2.67 bits per heavy atom. The molecule has 2 rings (SSSR count). The Labute approximate surface area is 133 Å². The van der Waals surface area contributed by atoms with Crippen LogP contribution >= 0.6 is 11.6 Å². The smallest absolute Gasteiger partial charge is 0.161 e. The predicted molar refractivity (Wildman–Crippen MR) is 87.7 cm³/mol. The van der Waals surface area contributed by atoms with Crippen LogP contribution in [-0.2, 0) is 0 Å². The number of rotatable bonds is 8. The van der Waals surface area contributed by atoms with E-state index in [2.05, 4.69) is 4.90 Å². The van der Waals surface area contributed by atoms with E-state index in [1.807, 2.05) is 31.2 Å². The highest BCUT2D eigenvalue weighted by molar-refractivity contribution is 6.17. The van der Waals surface area contributed by atoms with Crippen molar-refractivity contribution in [3.8, 4) is 11.5 Å². The van der Waals surface area contributed by atoms with Crippen molar-refractivity contribution in [3.63, 3.8) is 0 Å². The molecule has 0 aromatic heterocycles. The fraction of sp³-hybridized carbons (Fsp3) is 0.647. The molecule has 0 bridgehead atoms. The number of para-hydroxylation sites is 2. The van der Waals surface area contributed by atoms with Crippen molar-refractivity contribution >= 4 is 11.6 Å². The van der Waals surface area contributed by atoms with Crippen molar-refractivity contribution in [3.05, 3.63) is 24.3 Å². The molecule has 0 spiro atoms. The minimum absolute atomic E-state index is 0.627. The second-order valence-corrected chi connectivity index (χ2v) is 5.77. The number of nitrogens with zero attached hydrogens (tertiary/aromatic N) is 1. The van der Waals surface area contributed by atoms with Gasteiger partial charge in [-0.15, -0.1) is 11.6 Å². The summed E-state index contributed by atoms with van der Waals surface area (Å²) in [5.74, 6) is 2.41. The van der Waals surface area contributed by atoms with Crippen molar-refractivity contribution in [2.75, 3.05) is 32.2 Å². The quantitative estimate of drug-likeness (QED) is 0.679. The second-order valence-electron chi connectivity index (χ2n) is 5.39. The molecule has 1 aromatic rings. The monoisotopic (exact) mass is 311 g/mol. The highest BCUT2D eigenvalue weighted by Crippen LogP contribution is 2.26. The van der Waals surface area contributed by atoms with Gasteiger partial charge in [-0.3, -0.25) is 4.90 Å². The van der Waals surface area contributed by atoms with Crippen molar-refractivity contribution in [2.45, 2.75) is 38.6 Å². The van der Waals surface area contributed by atoms with Crippen LogP contribution in [0.4, 0.5) is 0 Å². The van der Waals surface area contributed by atoms with Crippen LogP contribution in [0, 0.1) is 0 Å². The van der Waals surface area contributed by atoms with Crippen LogP contribution in [0.3, 0.4) is 0 Å². The van der Waals surface area contributed by atoms with Gasteiger partial charge in [-0.25, -0.2) is 0 Å². The van der Waals surface area contributed by atoms with Crippen molar-refractivity contribution in [1.82, 2.24) is 4.90 Å². The van der Waals surface area contributed by atoms with E-state index in [1.165, 1.54) is 19.3 Å². The lowest BCUT2D eigenvalue weighted by Crippen LogP contribution is -2.42. The summed E-state index contributed by atoms with van der Waals surface area (Å²) in [6.45, 7) is 5.47. The Balaban J connectivity index is 1.82. The van der Waals surface area contributed by atoms with E-state index < -0.39 is 0 Å². The van der Waals surface area contributed by atoms with Gasteiger partial charge in [0.25, 0.3) is 0 Å². The van der Waals surface area contributed by atoms with Gasteiger partial charge in [-0.1, -0.05) is 18.6 Å². The molecule has 1 aliphatic heterocycles. The van der Waals surface area contributed by atoms with Gasteiger partial charge in [0.15, 0.2) is 11.5 Å². The zero-order valence-corrected chi connectivity index (χ0v) is 13.6. The van der Waals surface area contributed by atoms with E-state index in [-0.39, 0.29) is 0 Å². The molecular formula is C17H26ClNO2. The number of likely N-dealkylation sites (tertiary alicyclic amines) is 1. The molecule has 1 aromatic carbocycles. The molecule has 1 unspecified atom stereocenters. The Hall–Kier alpha value is -0.930. The highest BCUT2D eigenvalue weighted by Gasteiger charge is 2.21. The lowest BCUT2D eigenvalue weighted by molar-refractivity contribution is 0.119. The number of hydrogen-bond acceptors (Lipinski definition) is 3. The molecule has 0 amide bonds. The lowest BCUT2D eigenvalue weighted by atomic mass is 10.0. The maximum Gasteiger partial charge on any atom is 0.161 e. The molecule has 1 heterocycles. The summed E-state index contributed by atoms with van der Waals surface area (Å²) in [5, 5.41) is 0. The van der Waals surface area contributed by atoms with Gasteiger partial charge in [-0.05, 0) is 44.9 Å². The van der Waals surface area contributed by atoms with Crippen LogP contribution in [0.2, 0.25) is 0 Å². The molecule has 0 saturated carbocycles. The first kappa shape index (κ1) is 16.4. The van der Waals surface area contributed by atoms with Crippen molar-refractivity contribution in [1.29, 1.82) is 0 Å². The van der Waals surface area contributed by atoms with Gasteiger partial charge in [0.05, 0.1) is 6.61 Å². The van der Waals surface area contributed by atoms with E-state index in [0.29, 0.717) is 19.3 Å². The number of halogens is 1. The molecule has 1 fully saturated rings. The zero-order chi connectivity index (χ0) is 14.9. The zero-order valence-electron chi connectivity index (χ0n) is 12.9. The summed E-state index contributed by atoms with van der Waals surface area (Å²) >= 11 is 5.91. The summed E-state index contributed by atoms with van der Waals surface area (Å²) in [7, 11) is 0. The number of ether oxygens (including phenoxy) is 2. The first-order valence-electron chi connectivity index (χ1n) is 7.99. The minimum atomic E-state index is 0.627. The SMILES string of the molecule is CCOc1ccccc1OCCN1CCCCC1CCCl. The molecule has 4 heteroatoms. The first-order chi connectivity index (χ1) is 10.3. The fourth-order valence-electron chi connectivity index (χ4n) is 2.92. The average Bonchev–Trinajstić information content (AvgIpc) is 2.51. The topological polar surface area (TPSA) is 21.7 Å². The highest BCUT2D eigenvalue weighted by atomic mass is 35.5. The number of piperidine rings is 1. The lowest BCUT2D eigenvalue weighted by Gasteiger charge is -2.35. The maximum absolute atomic E-state index is 5.92.